The first-order valence-electron chi connectivity index (χ1n) is 6.00. The van der Waals surface area contributed by atoms with Crippen LogP contribution < -0.4 is 4.74 Å². The van der Waals surface area contributed by atoms with Crippen LogP contribution in [0, 0.1) is 12.3 Å². The summed E-state index contributed by atoms with van der Waals surface area (Å²) in [4.78, 5) is 0. The smallest absolute Gasteiger partial charge is 0.132 e. The monoisotopic (exact) mass is 240 g/mol. The van der Waals surface area contributed by atoms with E-state index in [9.17, 15) is 5.11 Å². The number of rotatable bonds is 4. The van der Waals surface area contributed by atoms with Crippen molar-refractivity contribution in [3.05, 3.63) is 42.0 Å². The van der Waals surface area contributed by atoms with E-state index in [1.807, 2.05) is 36.4 Å². The number of ether oxygens (including phenoxy) is 1. The molecule has 0 spiro atoms. The molecular formula is C16H16O2. The minimum atomic E-state index is -0.560. The van der Waals surface area contributed by atoms with Crippen molar-refractivity contribution >= 4 is 10.8 Å². The molecule has 0 bridgehead atoms. The Balaban J connectivity index is 2.49. The molecule has 18 heavy (non-hydrogen) atoms. The van der Waals surface area contributed by atoms with E-state index in [1.54, 1.807) is 6.92 Å². The number of aliphatic hydroxyl groups excluding tert-OH is 1. The number of aliphatic hydroxyl groups is 1. The molecule has 2 nitrogen and oxygen atoms in total. The van der Waals surface area contributed by atoms with Gasteiger partial charge in [0.2, 0.25) is 0 Å². The maximum atomic E-state index is 9.80. The summed E-state index contributed by atoms with van der Waals surface area (Å²) in [7, 11) is 0. The lowest BCUT2D eigenvalue weighted by Gasteiger charge is -2.15. The van der Waals surface area contributed by atoms with Gasteiger partial charge in [0.05, 0.1) is 12.7 Å². The number of benzene rings is 2. The lowest BCUT2D eigenvalue weighted by atomic mass is 10.0. The van der Waals surface area contributed by atoms with Crippen LogP contribution in [0.4, 0.5) is 0 Å². The summed E-state index contributed by atoms with van der Waals surface area (Å²) in [6, 6.07) is 11.9. The zero-order valence-electron chi connectivity index (χ0n) is 10.4. The van der Waals surface area contributed by atoms with Gasteiger partial charge in [0, 0.05) is 17.4 Å². The van der Waals surface area contributed by atoms with Gasteiger partial charge in [-0.3, -0.25) is 0 Å². The second-order valence-electron chi connectivity index (χ2n) is 4.18. The Morgan fingerprint density at radius 2 is 2.06 bits per heavy atom. The molecule has 2 aromatic carbocycles. The van der Waals surface area contributed by atoms with E-state index in [1.165, 1.54) is 0 Å². The van der Waals surface area contributed by atoms with Crippen molar-refractivity contribution in [3.8, 4) is 18.1 Å². The van der Waals surface area contributed by atoms with Crippen LogP contribution in [0.1, 0.15) is 25.0 Å². The molecule has 0 saturated heterocycles. The lowest BCUT2D eigenvalue weighted by Crippen LogP contribution is -2.02. The molecular weight excluding hydrogens is 224 g/mol. The fourth-order valence-electron chi connectivity index (χ4n) is 1.96. The molecule has 2 rings (SSSR count). The molecule has 0 amide bonds. The second-order valence-corrected chi connectivity index (χ2v) is 4.18. The SMILES string of the molecule is C#CCCOc1c([C@@H](C)O)ccc2ccccc12. The highest BCUT2D eigenvalue weighted by molar-refractivity contribution is 5.89. The quantitative estimate of drug-likeness (QED) is 0.656. The van der Waals surface area contributed by atoms with E-state index in [2.05, 4.69) is 5.92 Å². The molecule has 2 aromatic rings. The molecule has 92 valence electrons. The van der Waals surface area contributed by atoms with E-state index in [0.717, 1.165) is 22.1 Å². The summed E-state index contributed by atoms with van der Waals surface area (Å²) in [6.07, 6.45) is 5.22. The zero-order chi connectivity index (χ0) is 13.0. The van der Waals surface area contributed by atoms with Gasteiger partial charge in [0.15, 0.2) is 0 Å². The molecule has 0 heterocycles. The van der Waals surface area contributed by atoms with Crippen LogP contribution in [-0.2, 0) is 0 Å². The van der Waals surface area contributed by atoms with Gasteiger partial charge < -0.3 is 9.84 Å². The second kappa shape index (κ2) is 5.57. The van der Waals surface area contributed by atoms with Gasteiger partial charge >= 0.3 is 0 Å². The van der Waals surface area contributed by atoms with E-state index in [-0.39, 0.29) is 0 Å². The molecule has 0 aromatic heterocycles. The zero-order valence-corrected chi connectivity index (χ0v) is 10.4. The standard InChI is InChI=1S/C16H16O2/c1-3-4-11-18-16-14(12(2)17)10-9-13-7-5-6-8-15(13)16/h1,5-10,12,17H,4,11H2,2H3/t12-/m1/s1. The van der Waals surface area contributed by atoms with Crippen LogP contribution in [0.25, 0.3) is 10.8 Å². The Labute approximate surface area is 107 Å². The Morgan fingerprint density at radius 3 is 2.78 bits per heavy atom. The fourth-order valence-corrected chi connectivity index (χ4v) is 1.96. The van der Waals surface area contributed by atoms with Crippen molar-refractivity contribution in [2.24, 2.45) is 0 Å². The summed E-state index contributed by atoms with van der Waals surface area (Å²) in [5.74, 6) is 3.28. The Hall–Kier alpha value is -1.98. The van der Waals surface area contributed by atoms with Crippen molar-refractivity contribution in [3.63, 3.8) is 0 Å². The highest BCUT2D eigenvalue weighted by Gasteiger charge is 2.12. The van der Waals surface area contributed by atoms with E-state index in [4.69, 9.17) is 11.2 Å². The number of hydrogen-bond acceptors (Lipinski definition) is 2. The molecule has 0 aliphatic carbocycles. The molecule has 0 radical (unpaired) electrons. The molecule has 0 unspecified atom stereocenters. The molecule has 0 fully saturated rings. The third-order valence-electron chi connectivity index (χ3n) is 2.85. The fraction of sp³-hybridized carbons (Fsp3) is 0.250. The van der Waals surface area contributed by atoms with Crippen molar-refractivity contribution in [1.29, 1.82) is 0 Å². The molecule has 1 N–H and O–H groups in total. The van der Waals surface area contributed by atoms with Crippen molar-refractivity contribution in [2.45, 2.75) is 19.4 Å². The molecule has 2 heteroatoms. The van der Waals surface area contributed by atoms with Crippen LogP contribution in [0.2, 0.25) is 0 Å². The lowest BCUT2D eigenvalue weighted by molar-refractivity contribution is 0.192. The summed E-state index contributed by atoms with van der Waals surface area (Å²) >= 11 is 0. The molecule has 1 atom stereocenters. The van der Waals surface area contributed by atoms with E-state index < -0.39 is 6.10 Å². The van der Waals surface area contributed by atoms with Crippen LogP contribution in [0.15, 0.2) is 36.4 Å². The normalized spacial score (nSPS) is 12.1. The number of fused-ring (bicyclic) bond motifs is 1. The largest absolute Gasteiger partial charge is 0.492 e. The van der Waals surface area contributed by atoms with Crippen molar-refractivity contribution in [1.82, 2.24) is 0 Å². The van der Waals surface area contributed by atoms with Gasteiger partial charge in [-0.25, -0.2) is 0 Å². The van der Waals surface area contributed by atoms with Crippen molar-refractivity contribution < 1.29 is 9.84 Å². The molecule has 0 aliphatic heterocycles. The first-order chi connectivity index (χ1) is 8.74. The Bertz CT molecular complexity index is 579. The highest BCUT2D eigenvalue weighted by atomic mass is 16.5. The molecule has 0 aliphatic rings. The topological polar surface area (TPSA) is 29.5 Å². The van der Waals surface area contributed by atoms with Gasteiger partial charge in [0.25, 0.3) is 0 Å². The van der Waals surface area contributed by atoms with Crippen LogP contribution in [-0.4, -0.2) is 11.7 Å². The van der Waals surface area contributed by atoms with Crippen LogP contribution in [0.3, 0.4) is 0 Å². The predicted octanol–water partition coefficient (Wildman–Crippen LogP) is 3.30. The highest BCUT2D eigenvalue weighted by Crippen LogP contribution is 2.33. The third-order valence-corrected chi connectivity index (χ3v) is 2.85. The van der Waals surface area contributed by atoms with Gasteiger partial charge in [-0.2, -0.15) is 0 Å². The van der Waals surface area contributed by atoms with Gasteiger partial charge in [-0.1, -0.05) is 36.4 Å². The summed E-state index contributed by atoms with van der Waals surface area (Å²) in [5, 5.41) is 11.9. The third kappa shape index (κ3) is 2.47. The predicted molar refractivity (Wildman–Crippen MR) is 73.5 cm³/mol. The first-order valence-corrected chi connectivity index (χ1v) is 6.00. The van der Waals surface area contributed by atoms with Crippen LogP contribution in [0.5, 0.6) is 5.75 Å². The van der Waals surface area contributed by atoms with Crippen molar-refractivity contribution in [2.75, 3.05) is 6.61 Å². The van der Waals surface area contributed by atoms with Gasteiger partial charge in [-0.15, -0.1) is 12.3 Å². The first kappa shape index (κ1) is 12.5. The van der Waals surface area contributed by atoms with Gasteiger partial charge in [-0.05, 0) is 12.3 Å². The van der Waals surface area contributed by atoms with E-state index >= 15 is 0 Å². The summed E-state index contributed by atoms with van der Waals surface area (Å²) in [6.45, 7) is 2.20. The minimum absolute atomic E-state index is 0.463. The van der Waals surface area contributed by atoms with Crippen LogP contribution >= 0.6 is 0 Å². The maximum Gasteiger partial charge on any atom is 0.132 e. The van der Waals surface area contributed by atoms with Gasteiger partial charge in [0.1, 0.15) is 5.75 Å². The summed E-state index contributed by atoms with van der Waals surface area (Å²) in [5.41, 5.74) is 0.797. The number of terminal acetylenes is 1. The summed E-state index contributed by atoms with van der Waals surface area (Å²) < 4.78 is 5.75. The Morgan fingerprint density at radius 1 is 1.28 bits per heavy atom. The Kier molecular flexibility index (Phi) is 3.86. The minimum Gasteiger partial charge on any atom is -0.492 e. The number of hydrogen-bond donors (Lipinski definition) is 1. The van der Waals surface area contributed by atoms with E-state index in [0.29, 0.717) is 13.0 Å². The maximum absolute atomic E-state index is 9.80. The molecule has 0 saturated carbocycles. The average molecular weight is 240 g/mol. The average Bonchev–Trinajstić information content (AvgIpc) is 2.38.